The molecular formula is C22H16ClF3N4O2. The minimum Gasteiger partial charge on any atom is -0.467 e. The number of hydrogen-bond acceptors (Lipinski definition) is 4. The van der Waals surface area contributed by atoms with E-state index in [0.29, 0.717) is 11.4 Å². The molecule has 10 heteroatoms. The Bertz CT molecular complexity index is 1300. The van der Waals surface area contributed by atoms with E-state index in [1.807, 2.05) is 30.3 Å². The molecule has 0 bridgehead atoms. The summed E-state index contributed by atoms with van der Waals surface area (Å²) >= 11 is 6.36. The van der Waals surface area contributed by atoms with Gasteiger partial charge in [0, 0.05) is 17.5 Å². The van der Waals surface area contributed by atoms with E-state index in [1.165, 1.54) is 6.26 Å². The van der Waals surface area contributed by atoms with Crippen molar-refractivity contribution in [1.82, 2.24) is 9.78 Å². The number of aromatic nitrogens is 2. The minimum atomic E-state index is -4.60. The quantitative estimate of drug-likeness (QED) is 0.382. The van der Waals surface area contributed by atoms with Gasteiger partial charge in [0.1, 0.15) is 16.6 Å². The number of halogens is 4. The number of alkyl halides is 3. The molecule has 0 saturated heterocycles. The van der Waals surface area contributed by atoms with Crippen LogP contribution >= 0.6 is 11.6 Å². The molecule has 0 unspecified atom stereocenters. The van der Waals surface area contributed by atoms with Crippen LogP contribution in [0.2, 0.25) is 5.02 Å². The van der Waals surface area contributed by atoms with Crippen LogP contribution in [0, 0.1) is 0 Å². The molecule has 5 rings (SSSR count). The number of carbonyl (C=O) groups excluding carboxylic acids is 1. The van der Waals surface area contributed by atoms with E-state index >= 15 is 0 Å². The van der Waals surface area contributed by atoms with Gasteiger partial charge in [0.15, 0.2) is 11.7 Å². The SMILES string of the molecule is O=C(Nc1cccc2ccccc12)c1nn2c(c1Cl)N[C@H](c1ccco1)C[C@@H]2C(F)(F)F. The molecule has 2 atom stereocenters. The summed E-state index contributed by atoms with van der Waals surface area (Å²) in [5.41, 5.74) is 0.209. The standard InChI is InChI=1S/C22H16ClF3N4O2/c23-18-19(21(31)28-14-8-3-6-12-5-1-2-7-13(12)14)29-30-17(22(24,25)26)11-15(27-20(18)30)16-9-4-10-32-16/h1-10,15,17,27H,11H2,(H,28,31)/t15-,17+/m0/s1. The lowest BCUT2D eigenvalue weighted by Crippen LogP contribution is -2.35. The van der Waals surface area contributed by atoms with Gasteiger partial charge >= 0.3 is 6.18 Å². The van der Waals surface area contributed by atoms with Gasteiger partial charge in [-0.1, -0.05) is 48.0 Å². The molecule has 1 amide bonds. The van der Waals surface area contributed by atoms with Gasteiger partial charge in [0.05, 0.1) is 12.3 Å². The van der Waals surface area contributed by atoms with E-state index in [9.17, 15) is 18.0 Å². The molecule has 2 N–H and O–H groups in total. The van der Waals surface area contributed by atoms with E-state index in [0.717, 1.165) is 15.5 Å². The van der Waals surface area contributed by atoms with Crippen LogP contribution in [0.3, 0.4) is 0 Å². The first-order valence-electron chi connectivity index (χ1n) is 9.76. The first kappa shape index (κ1) is 20.4. The average Bonchev–Trinajstić information content (AvgIpc) is 3.41. The van der Waals surface area contributed by atoms with Crippen molar-refractivity contribution in [3.8, 4) is 0 Å². The third kappa shape index (κ3) is 3.48. The molecule has 3 heterocycles. The summed E-state index contributed by atoms with van der Waals surface area (Å²) in [4.78, 5) is 13.0. The van der Waals surface area contributed by atoms with Crippen LogP contribution in [0.5, 0.6) is 0 Å². The van der Waals surface area contributed by atoms with Gasteiger partial charge in [-0.25, -0.2) is 4.68 Å². The largest absolute Gasteiger partial charge is 0.467 e. The van der Waals surface area contributed by atoms with Crippen molar-refractivity contribution in [3.05, 3.63) is 77.3 Å². The first-order valence-corrected chi connectivity index (χ1v) is 10.1. The molecule has 0 radical (unpaired) electrons. The minimum absolute atomic E-state index is 0.0790. The van der Waals surface area contributed by atoms with Crippen molar-refractivity contribution in [3.63, 3.8) is 0 Å². The Kier molecular flexibility index (Phi) is 4.85. The number of benzene rings is 2. The van der Waals surface area contributed by atoms with E-state index in [2.05, 4.69) is 15.7 Å². The lowest BCUT2D eigenvalue weighted by atomic mass is 10.0. The van der Waals surface area contributed by atoms with Crippen LogP contribution in [0.4, 0.5) is 24.7 Å². The number of furan rings is 1. The van der Waals surface area contributed by atoms with Crippen LogP contribution in [-0.2, 0) is 0 Å². The maximum absolute atomic E-state index is 13.8. The smallest absolute Gasteiger partial charge is 0.410 e. The molecule has 6 nitrogen and oxygen atoms in total. The van der Waals surface area contributed by atoms with E-state index in [-0.39, 0.29) is 23.0 Å². The average molecular weight is 461 g/mol. The van der Waals surface area contributed by atoms with Crippen LogP contribution in [0.1, 0.15) is 34.8 Å². The van der Waals surface area contributed by atoms with Gasteiger partial charge in [0.2, 0.25) is 0 Å². The number of anilines is 2. The Hall–Kier alpha value is -3.46. The fraction of sp³-hybridized carbons (Fsp3) is 0.182. The van der Waals surface area contributed by atoms with Crippen LogP contribution in [0.15, 0.2) is 65.3 Å². The monoisotopic (exact) mass is 460 g/mol. The second kappa shape index (κ2) is 7.59. The summed E-state index contributed by atoms with van der Waals surface area (Å²) in [6.07, 6.45) is -3.57. The highest BCUT2D eigenvalue weighted by Crippen LogP contribution is 2.46. The third-order valence-corrected chi connectivity index (χ3v) is 5.79. The molecule has 164 valence electrons. The normalized spacial score (nSPS) is 18.2. The van der Waals surface area contributed by atoms with Crippen molar-refractivity contribution in [2.24, 2.45) is 0 Å². The Balaban J connectivity index is 1.52. The summed E-state index contributed by atoms with van der Waals surface area (Å²) < 4.78 is 47.5. The van der Waals surface area contributed by atoms with Gasteiger partial charge in [-0.3, -0.25) is 4.79 Å². The van der Waals surface area contributed by atoms with Crippen molar-refractivity contribution in [2.75, 3.05) is 10.6 Å². The highest BCUT2D eigenvalue weighted by molar-refractivity contribution is 6.36. The molecule has 2 aromatic heterocycles. The molecular weight excluding hydrogens is 445 g/mol. The lowest BCUT2D eigenvalue weighted by Gasteiger charge is -2.32. The molecule has 0 spiro atoms. The number of rotatable bonds is 3. The molecule has 32 heavy (non-hydrogen) atoms. The van der Waals surface area contributed by atoms with Gasteiger partial charge in [-0.2, -0.15) is 18.3 Å². The second-order valence-electron chi connectivity index (χ2n) is 7.44. The van der Waals surface area contributed by atoms with Crippen LogP contribution < -0.4 is 10.6 Å². The van der Waals surface area contributed by atoms with Crippen molar-refractivity contribution in [2.45, 2.75) is 24.7 Å². The predicted molar refractivity (Wildman–Crippen MR) is 114 cm³/mol. The Morgan fingerprint density at radius 1 is 1.16 bits per heavy atom. The summed E-state index contributed by atoms with van der Waals surface area (Å²) in [5, 5.41) is 11.1. The first-order chi connectivity index (χ1) is 15.3. The van der Waals surface area contributed by atoms with Gasteiger partial charge in [0.25, 0.3) is 5.91 Å². The summed E-state index contributed by atoms with van der Waals surface area (Å²) in [5.74, 6) is -0.445. The van der Waals surface area contributed by atoms with E-state index < -0.39 is 24.2 Å². The number of amides is 1. The van der Waals surface area contributed by atoms with Gasteiger partial charge in [-0.15, -0.1) is 0 Å². The maximum Gasteiger partial charge on any atom is 0.410 e. The Morgan fingerprint density at radius 2 is 1.94 bits per heavy atom. The number of nitrogens with one attached hydrogen (secondary N) is 2. The number of fused-ring (bicyclic) bond motifs is 2. The summed E-state index contributed by atoms with van der Waals surface area (Å²) in [6.45, 7) is 0. The Morgan fingerprint density at radius 3 is 2.69 bits per heavy atom. The zero-order valence-corrected chi connectivity index (χ0v) is 17.1. The van der Waals surface area contributed by atoms with Crippen molar-refractivity contribution >= 4 is 39.8 Å². The van der Waals surface area contributed by atoms with Crippen molar-refractivity contribution < 1.29 is 22.4 Å². The van der Waals surface area contributed by atoms with Gasteiger partial charge in [-0.05, 0) is 23.6 Å². The number of carbonyl (C=O) groups is 1. The van der Waals surface area contributed by atoms with Crippen LogP contribution in [-0.4, -0.2) is 21.9 Å². The lowest BCUT2D eigenvalue weighted by molar-refractivity contribution is -0.174. The molecule has 1 aliphatic heterocycles. The summed E-state index contributed by atoms with van der Waals surface area (Å²) in [7, 11) is 0. The summed E-state index contributed by atoms with van der Waals surface area (Å²) in [6, 6.07) is 13.2. The highest BCUT2D eigenvalue weighted by atomic mass is 35.5. The number of nitrogens with zero attached hydrogens (tertiary/aromatic N) is 2. The third-order valence-electron chi connectivity index (χ3n) is 5.44. The molecule has 4 aromatic rings. The van der Waals surface area contributed by atoms with E-state index in [1.54, 1.807) is 24.3 Å². The second-order valence-corrected chi connectivity index (χ2v) is 7.82. The zero-order valence-electron chi connectivity index (χ0n) is 16.4. The highest BCUT2D eigenvalue weighted by Gasteiger charge is 2.48. The van der Waals surface area contributed by atoms with Crippen molar-refractivity contribution in [1.29, 1.82) is 0 Å². The molecule has 1 aliphatic rings. The molecule has 2 aromatic carbocycles. The zero-order chi connectivity index (χ0) is 22.5. The predicted octanol–water partition coefficient (Wildman–Crippen LogP) is 6.20. The molecule has 0 aliphatic carbocycles. The number of hydrogen-bond donors (Lipinski definition) is 2. The molecule has 0 fully saturated rings. The maximum atomic E-state index is 13.8. The van der Waals surface area contributed by atoms with Gasteiger partial charge < -0.3 is 15.1 Å². The fourth-order valence-electron chi connectivity index (χ4n) is 3.93. The topological polar surface area (TPSA) is 72.1 Å². The fourth-order valence-corrected chi connectivity index (χ4v) is 4.19. The van der Waals surface area contributed by atoms with Crippen LogP contribution in [0.25, 0.3) is 10.8 Å². The molecule has 0 saturated carbocycles. The Labute approximate surface area is 185 Å². The van der Waals surface area contributed by atoms with E-state index in [4.69, 9.17) is 16.0 Å².